The number of hydrogen-bond donors (Lipinski definition) is 0. The highest BCUT2D eigenvalue weighted by Crippen LogP contribution is 2.41. The van der Waals surface area contributed by atoms with Gasteiger partial charge in [0.05, 0.1) is 15.4 Å². The lowest BCUT2D eigenvalue weighted by atomic mass is 9.97. The van der Waals surface area contributed by atoms with Crippen LogP contribution in [0.5, 0.6) is 5.75 Å². The first-order valence-corrected chi connectivity index (χ1v) is 7.96. The van der Waals surface area contributed by atoms with E-state index in [1.165, 1.54) is 5.56 Å². The zero-order chi connectivity index (χ0) is 15.2. The van der Waals surface area contributed by atoms with Crippen molar-refractivity contribution in [3.8, 4) is 5.75 Å². The minimum atomic E-state index is -0.329. The largest absolute Gasteiger partial charge is 0.487 e. The van der Waals surface area contributed by atoms with E-state index < -0.39 is 0 Å². The average Bonchev–Trinajstić information content (AvgIpc) is 2.73. The Morgan fingerprint density at radius 2 is 1.90 bits per heavy atom. The summed E-state index contributed by atoms with van der Waals surface area (Å²) in [7, 11) is 0. The molecule has 1 unspecified atom stereocenters. The summed E-state index contributed by atoms with van der Waals surface area (Å²) in [6, 6.07) is 11.6. The number of ether oxygens (including phenoxy) is 1. The second-order valence-corrected chi connectivity index (χ2v) is 7.13. The molecule has 21 heavy (non-hydrogen) atoms. The summed E-state index contributed by atoms with van der Waals surface area (Å²) in [5.74, 6) is 0.935. The van der Waals surface area contributed by atoms with Gasteiger partial charge in [-0.1, -0.05) is 47.5 Å². The molecule has 110 valence electrons. The van der Waals surface area contributed by atoms with Crippen LogP contribution in [-0.2, 0) is 6.42 Å². The topological polar surface area (TPSA) is 9.23 Å². The van der Waals surface area contributed by atoms with Crippen LogP contribution in [0.4, 0.5) is 0 Å². The van der Waals surface area contributed by atoms with Crippen LogP contribution in [0.3, 0.4) is 0 Å². The Morgan fingerprint density at radius 3 is 2.67 bits per heavy atom. The summed E-state index contributed by atoms with van der Waals surface area (Å²) < 4.78 is 5.89. The highest BCUT2D eigenvalue weighted by atomic mass is 35.5. The van der Waals surface area contributed by atoms with E-state index in [4.69, 9.17) is 39.5 Å². The van der Waals surface area contributed by atoms with Gasteiger partial charge in [0.2, 0.25) is 0 Å². The van der Waals surface area contributed by atoms with E-state index in [-0.39, 0.29) is 11.0 Å². The molecular formula is C17H15Cl3O. The van der Waals surface area contributed by atoms with E-state index in [1.807, 2.05) is 24.3 Å². The third-order valence-electron chi connectivity index (χ3n) is 3.63. The van der Waals surface area contributed by atoms with Crippen LogP contribution in [-0.4, -0.2) is 5.60 Å². The van der Waals surface area contributed by atoms with Gasteiger partial charge in [0.25, 0.3) is 0 Å². The highest BCUT2D eigenvalue weighted by Gasteiger charge is 2.30. The molecule has 1 nitrogen and oxygen atoms in total. The third-order valence-corrected chi connectivity index (χ3v) is 4.95. The van der Waals surface area contributed by atoms with Crippen LogP contribution in [0.1, 0.15) is 35.9 Å². The smallest absolute Gasteiger partial charge is 0.123 e. The zero-order valence-corrected chi connectivity index (χ0v) is 14.1. The molecule has 1 aliphatic heterocycles. The van der Waals surface area contributed by atoms with E-state index in [9.17, 15) is 0 Å². The SMILES string of the molecule is CC1(C)Cc2cc(C(Cl)c3cccc(Cl)c3Cl)ccc2O1. The van der Waals surface area contributed by atoms with Gasteiger partial charge in [-0.25, -0.2) is 0 Å². The van der Waals surface area contributed by atoms with E-state index in [0.717, 1.165) is 23.3 Å². The lowest BCUT2D eigenvalue weighted by Crippen LogP contribution is -2.24. The third kappa shape index (κ3) is 2.88. The lowest BCUT2D eigenvalue weighted by molar-refractivity contribution is 0.138. The van der Waals surface area contributed by atoms with Crippen molar-refractivity contribution in [3.63, 3.8) is 0 Å². The van der Waals surface area contributed by atoms with Crippen LogP contribution in [0.2, 0.25) is 10.0 Å². The Kier molecular flexibility index (Phi) is 3.85. The van der Waals surface area contributed by atoms with E-state index in [1.54, 1.807) is 6.07 Å². The molecule has 0 saturated heterocycles. The van der Waals surface area contributed by atoms with Crippen LogP contribution >= 0.6 is 34.8 Å². The van der Waals surface area contributed by atoms with Gasteiger partial charge in [0, 0.05) is 6.42 Å². The van der Waals surface area contributed by atoms with Crippen molar-refractivity contribution >= 4 is 34.8 Å². The lowest BCUT2D eigenvalue weighted by Gasteiger charge is -2.16. The molecule has 1 aliphatic rings. The van der Waals surface area contributed by atoms with Crippen molar-refractivity contribution in [3.05, 3.63) is 63.1 Å². The molecule has 0 aromatic heterocycles. The van der Waals surface area contributed by atoms with Crippen molar-refractivity contribution in [2.75, 3.05) is 0 Å². The summed E-state index contributed by atoms with van der Waals surface area (Å²) in [5.41, 5.74) is 2.85. The van der Waals surface area contributed by atoms with Gasteiger partial charge in [-0.15, -0.1) is 11.6 Å². The van der Waals surface area contributed by atoms with Crippen LogP contribution < -0.4 is 4.74 Å². The van der Waals surface area contributed by atoms with Crippen LogP contribution in [0, 0.1) is 0 Å². The first kappa shape index (κ1) is 15.0. The Labute approximate surface area is 139 Å². The van der Waals surface area contributed by atoms with Crippen molar-refractivity contribution in [2.24, 2.45) is 0 Å². The normalized spacial score (nSPS) is 17.2. The summed E-state index contributed by atoms with van der Waals surface area (Å²) in [6.07, 6.45) is 0.878. The molecule has 4 heteroatoms. The second kappa shape index (κ2) is 5.39. The fourth-order valence-corrected chi connectivity index (χ4v) is 3.47. The second-order valence-electron chi connectivity index (χ2n) is 5.91. The molecule has 3 rings (SSSR count). The molecule has 0 radical (unpaired) electrons. The molecule has 0 bridgehead atoms. The van der Waals surface area contributed by atoms with E-state index >= 15 is 0 Å². The first-order valence-electron chi connectivity index (χ1n) is 6.77. The Hall–Kier alpha value is -0.890. The zero-order valence-electron chi connectivity index (χ0n) is 11.8. The van der Waals surface area contributed by atoms with Gasteiger partial charge in [0.1, 0.15) is 11.4 Å². The van der Waals surface area contributed by atoms with Crippen LogP contribution in [0.15, 0.2) is 36.4 Å². The number of benzene rings is 2. The molecule has 2 aromatic rings. The summed E-state index contributed by atoms with van der Waals surface area (Å²) in [5, 5.41) is 0.701. The van der Waals surface area contributed by atoms with Gasteiger partial charge in [-0.2, -0.15) is 0 Å². The standard InChI is InChI=1S/C17H15Cl3O/c1-17(2)9-11-8-10(6-7-14(11)21-17)15(19)12-4-3-5-13(18)16(12)20/h3-8,15H,9H2,1-2H3. The number of fused-ring (bicyclic) bond motifs is 1. The maximum absolute atomic E-state index is 6.60. The maximum Gasteiger partial charge on any atom is 0.123 e. The van der Waals surface area contributed by atoms with Crippen molar-refractivity contribution in [1.82, 2.24) is 0 Å². The quantitative estimate of drug-likeness (QED) is 0.605. The highest BCUT2D eigenvalue weighted by molar-refractivity contribution is 6.43. The predicted molar refractivity (Wildman–Crippen MR) is 89.0 cm³/mol. The minimum absolute atomic E-state index is 0.156. The summed E-state index contributed by atoms with van der Waals surface area (Å²) in [6.45, 7) is 4.16. The number of rotatable bonds is 2. The molecule has 0 spiro atoms. The fraction of sp³-hybridized carbons (Fsp3) is 0.294. The molecule has 1 heterocycles. The first-order chi connectivity index (χ1) is 9.87. The van der Waals surface area contributed by atoms with Gasteiger partial charge in [-0.05, 0) is 42.7 Å². The van der Waals surface area contributed by atoms with Crippen molar-refractivity contribution in [1.29, 1.82) is 0 Å². The number of alkyl halides is 1. The molecule has 0 aliphatic carbocycles. The molecule has 0 amide bonds. The van der Waals surface area contributed by atoms with Crippen molar-refractivity contribution < 1.29 is 4.74 Å². The maximum atomic E-state index is 6.60. The summed E-state index contributed by atoms with van der Waals surface area (Å²) in [4.78, 5) is 0. The van der Waals surface area contributed by atoms with Gasteiger partial charge in [0.15, 0.2) is 0 Å². The predicted octanol–water partition coefficient (Wildman–Crippen LogP) is 6.04. The monoisotopic (exact) mass is 340 g/mol. The molecule has 2 aromatic carbocycles. The molecule has 0 N–H and O–H groups in total. The molecule has 1 atom stereocenters. The van der Waals surface area contributed by atoms with Crippen LogP contribution in [0.25, 0.3) is 0 Å². The van der Waals surface area contributed by atoms with E-state index in [2.05, 4.69) is 19.9 Å². The van der Waals surface area contributed by atoms with Crippen molar-refractivity contribution in [2.45, 2.75) is 31.2 Å². The Morgan fingerprint density at radius 1 is 1.14 bits per heavy atom. The van der Waals surface area contributed by atoms with Gasteiger partial charge >= 0.3 is 0 Å². The molecule has 0 fully saturated rings. The van der Waals surface area contributed by atoms with E-state index in [0.29, 0.717) is 10.0 Å². The molecular weight excluding hydrogens is 327 g/mol. The Bertz CT molecular complexity index is 694. The number of halogens is 3. The Balaban J connectivity index is 1.97. The minimum Gasteiger partial charge on any atom is -0.487 e. The molecule has 0 saturated carbocycles. The average molecular weight is 342 g/mol. The fourth-order valence-electron chi connectivity index (χ4n) is 2.68. The van der Waals surface area contributed by atoms with Gasteiger partial charge < -0.3 is 4.74 Å². The summed E-state index contributed by atoms with van der Waals surface area (Å²) >= 11 is 18.9. The van der Waals surface area contributed by atoms with Gasteiger partial charge in [-0.3, -0.25) is 0 Å². The number of hydrogen-bond acceptors (Lipinski definition) is 1.